The minimum absolute atomic E-state index is 0.147. The predicted octanol–water partition coefficient (Wildman–Crippen LogP) is 12.4. The van der Waals surface area contributed by atoms with Crippen LogP contribution in [-0.4, -0.2) is 14.5 Å². The molecule has 2 heterocycles. The first-order valence-corrected chi connectivity index (χ1v) is 18.3. The number of hydrogen-bond acceptors (Lipinski definition) is 3. The Morgan fingerprint density at radius 1 is 0.481 bits per heavy atom. The van der Waals surface area contributed by atoms with E-state index in [4.69, 9.17) is 9.97 Å². The van der Waals surface area contributed by atoms with Gasteiger partial charge in [0.15, 0.2) is 5.82 Å². The van der Waals surface area contributed by atoms with Crippen LogP contribution in [0.25, 0.3) is 83.6 Å². The highest BCUT2D eigenvalue weighted by atomic mass is 15.0. The molecule has 10 rings (SSSR count). The van der Waals surface area contributed by atoms with Gasteiger partial charge in [-0.2, -0.15) is 5.26 Å². The Balaban J connectivity index is 1.27. The molecule has 4 nitrogen and oxygen atoms in total. The number of nitriles is 1. The second-order valence-corrected chi connectivity index (χ2v) is 14.6. The van der Waals surface area contributed by atoms with Gasteiger partial charge in [-0.15, -0.1) is 0 Å². The van der Waals surface area contributed by atoms with E-state index in [1.54, 1.807) is 0 Å². The van der Waals surface area contributed by atoms with E-state index < -0.39 is 0 Å². The molecule has 0 aliphatic heterocycles. The molecule has 54 heavy (non-hydrogen) atoms. The molecule has 9 aromatic rings. The van der Waals surface area contributed by atoms with Crippen LogP contribution in [-0.2, 0) is 5.41 Å². The normalized spacial score (nSPS) is 12.8. The van der Waals surface area contributed by atoms with Gasteiger partial charge in [-0.3, -0.25) is 0 Å². The smallest absolute Gasteiger partial charge is 0.160 e. The van der Waals surface area contributed by atoms with E-state index in [0.29, 0.717) is 11.4 Å². The quantitative estimate of drug-likeness (QED) is 0.181. The lowest BCUT2D eigenvalue weighted by atomic mass is 9.82. The van der Waals surface area contributed by atoms with Crippen LogP contribution in [0.2, 0.25) is 0 Å². The molecule has 0 amide bonds. The van der Waals surface area contributed by atoms with Gasteiger partial charge >= 0.3 is 0 Å². The fraction of sp³-hybridized carbons (Fsp3) is 0.0600. The summed E-state index contributed by atoms with van der Waals surface area (Å²) in [6, 6.07) is 61.7. The molecule has 4 heteroatoms. The summed E-state index contributed by atoms with van der Waals surface area (Å²) < 4.78 is 2.39. The van der Waals surface area contributed by atoms with Crippen LogP contribution >= 0.6 is 0 Å². The third-order valence-electron chi connectivity index (χ3n) is 11.0. The predicted molar refractivity (Wildman–Crippen MR) is 220 cm³/mol. The third kappa shape index (κ3) is 5.05. The summed E-state index contributed by atoms with van der Waals surface area (Å²) >= 11 is 0. The van der Waals surface area contributed by atoms with E-state index in [1.807, 2.05) is 54.6 Å². The number of para-hydroxylation sites is 1. The number of hydrogen-bond donors (Lipinski definition) is 0. The Bertz CT molecular complexity index is 2910. The van der Waals surface area contributed by atoms with Crippen LogP contribution in [0.4, 0.5) is 0 Å². The number of aromatic nitrogens is 3. The van der Waals surface area contributed by atoms with Gasteiger partial charge in [0.2, 0.25) is 0 Å². The molecule has 0 radical (unpaired) electrons. The van der Waals surface area contributed by atoms with Gasteiger partial charge in [0.05, 0.1) is 34.1 Å². The molecule has 2 aromatic heterocycles. The maximum atomic E-state index is 9.87. The number of rotatable bonds is 5. The molecule has 0 saturated heterocycles. The van der Waals surface area contributed by atoms with E-state index >= 15 is 0 Å². The fourth-order valence-corrected chi connectivity index (χ4v) is 8.34. The minimum atomic E-state index is -0.147. The third-order valence-corrected chi connectivity index (χ3v) is 11.0. The standard InChI is InChI=1S/C50H34N4/c1-50(2)43-22-11-9-20-39(43)41-28-42-40-21-10-12-23-47(40)54(48(42)29-44(41)50)38-26-36(35-19-13-14-32(24-35)31-51)25-37(27-38)49-52-45(33-15-5-3-6-16-33)30-46(53-49)34-17-7-4-8-18-34/h3-30H,1-2H3. The Kier molecular flexibility index (Phi) is 7.18. The molecular formula is C50H34N4. The lowest BCUT2D eigenvalue weighted by Gasteiger charge is -2.22. The highest BCUT2D eigenvalue weighted by Gasteiger charge is 2.36. The Hall–Kier alpha value is -7.09. The van der Waals surface area contributed by atoms with Gasteiger partial charge in [0, 0.05) is 38.6 Å². The molecule has 0 saturated carbocycles. The summed E-state index contributed by atoms with van der Waals surface area (Å²) in [5.41, 5.74) is 15.6. The van der Waals surface area contributed by atoms with E-state index in [2.05, 4.69) is 140 Å². The number of benzene rings is 7. The molecule has 0 spiro atoms. The summed E-state index contributed by atoms with van der Waals surface area (Å²) in [6.45, 7) is 4.66. The highest BCUT2D eigenvalue weighted by molar-refractivity contribution is 6.11. The summed E-state index contributed by atoms with van der Waals surface area (Å²) in [5.74, 6) is 0.632. The van der Waals surface area contributed by atoms with Crippen molar-refractivity contribution in [3.63, 3.8) is 0 Å². The fourth-order valence-electron chi connectivity index (χ4n) is 8.34. The Labute approximate surface area is 314 Å². The van der Waals surface area contributed by atoms with Gasteiger partial charge in [0.25, 0.3) is 0 Å². The summed E-state index contributed by atoms with van der Waals surface area (Å²) in [5, 5.41) is 12.3. The van der Waals surface area contributed by atoms with Crippen molar-refractivity contribution >= 4 is 21.8 Å². The second-order valence-electron chi connectivity index (χ2n) is 14.6. The molecule has 7 aromatic carbocycles. The average Bonchev–Trinajstić information content (AvgIpc) is 3.68. The average molecular weight is 691 g/mol. The van der Waals surface area contributed by atoms with Gasteiger partial charge in [-0.05, 0) is 88.0 Å². The van der Waals surface area contributed by atoms with Crippen LogP contribution in [0.5, 0.6) is 0 Å². The van der Waals surface area contributed by atoms with Crippen molar-refractivity contribution in [1.82, 2.24) is 14.5 Å². The lowest BCUT2D eigenvalue weighted by Crippen LogP contribution is -2.15. The largest absolute Gasteiger partial charge is 0.309 e. The Morgan fingerprint density at radius 2 is 1.13 bits per heavy atom. The molecule has 0 atom stereocenters. The van der Waals surface area contributed by atoms with Gasteiger partial charge in [-0.25, -0.2) is 9.97 Å². The van der Waals surface area contributed by atoms with Crippen molar-refractivity contribution in [1.29, 1.82) is 5.26 Å². The van der Waals surface area contributed by atoms with Gasteiger partial charge in [0.1, 0.15) is 0 Å². The molecule has 1 aliphatic rings. The van der Waals surface area contributed by atoms with Crippen molar-refractivity contribution in [3.8, 4) is 67.9 Å². The first-order valence-electron chi connectivity index (χ1n) is 18.3. The zero-order valence-electron chi connectivity index (χ0n) is 30.0. The van der Waals surface area contributed by atoms with Crippen molar-refractivity contribution in [2.24, 2.45) is 0 Å². The molecule has 0 unspecified atom stereocenters. The minimum Gasteiger partial charge on any atom is -0.309 e. The summed E-state index contributed by atoms with van der Waals surface area (Å²) in [7, 11) is 0. The second kappa shape index (κ2) is 12.3. The maximum absolute atomic E-state index is 9.87. The van der Waals surface area contributed by atoms with Crippen molar-refractivity contribution in [3.05, 3.63) is 187 Å². The summed E-state index contributed by atoms with van der Waals surface area (Å²) in [4.78, 5) is 10.5. The summed E-state index contributed by atoms with van der Waals surface area (Å²) in [6.07, 6.45) is 0. The topological polar surface area (TPSA) is 54.5 Å². The van der Waals surface area contributed by atoms with E-state index in [-0.39, 0.29) is 5.41 Å². The molecule has 0 N–H and O–H groups in total. The monoisotopic (exact) mass is 690 g/mol. The molecule has 0 bridgehead atoms. The van der Waals surface area contributed by atoms with Gasteiger partial charge in [-0.1, -0.05) is 129 Å². The van der Waals surface area contributed by atoms with Crippen molar-refractivity contribution < 1.29 is 0 Å². The molecule has 254 valence electrons. The lowest BCUT2D eigenvalue weighted by molar-refractivity contribution is 0.661. The first-order chi connectivity index (χ1) is 26.5. The van der Waals surface area contributed by atoms with Crippen LogP contribution in [0, 0.1) is 11.3 Å². The molecule has 0 fully saturated rings. The zero-order valence-corrected chi connectivity index (χ0v) is 30.0. The van der Waals surface area contributed by atoms with Crippen LogP contribution < -0.4 is 0 Å². The van der Waals surface area contributed by atoms with Crippen molar-refractivity contribution in [2.75, 3.05) is 0 Å². The zero-order chi connectivity index (χ0) is 36.4. The van der Waals surface area contributed by atoms with Gasteiger partial charge < -0.3 is 4.57 Å². The van der Waals surface area contributed by atoms with E-state index in [0.717, 1.165) is 55.9 Å². The maximum Gasteiger partial charge on any atom is 0.160 e. The van der Waals surface area contributed by atoms with Crippen LogP contribution in [0.1, 0.15) is 30.5 Å². The van der Waals surface area contributed by atoms with E-state index in [9.17, 15) is 5.26 Å². The van der Waals surface area contributed by atoms with Crippen LogP contribution in [0.3, 0.4) is 0 Å². The highest BCUT2D eigenvalue weighted by Crippen LogP contribution is 2.51. The Morgan fingerprint density at radius 3 is 1.87 bits per heavy atom. The van der Waals surface area contributed by atoms with Crippen LogP contribution in [0.15, 0.2) is 170 Å². The number of nitrogens with zero attached hydrogens (tertiary/aromatic N) is 4. The van der Waals surface area contributed by atoms with Crippen molar-refractivity contribution in [2.45, 2.75) is 19.3 Å². The number of fused-ring (bicyclic) bond motifs is 6. The molecule has 1 aliphatic carbocycles. The first kappa shape index (κ1) is 31.6. The van der Waals surface area contributed by atoms with E-state index in [1.165, 1.54) is 33.0 Å². The molecular weight excluding hydrogens is 657 g/mol. The SMILES string of the molecule is CC1(C)c2ccccc2-c2cc3c4ccccc4n(-c4cc(-c5cccc(C#N)c5)cc(-c5nc(-c6ccccc6)cc(-c6ccccc6)n5)c4)c3cc21.